The average Bonchev–Trinajstić information content (AvgIpc) is 2.45. The van der Waals surface area contributed by atoms with E-state index in [1.165, 1.54) is 20.0 Å². The van der Waals surface area contributed by atoms with Gasteiger partial charge in [0.25, 0.3) is 0 Å². The fourth-order valence-electron chi connectivity index (χ4n) is 1.98. The number of urea groups is 1. The predicted octanol–water partition coefficient (Wildman–Crippen LogP) is 2.96. The first-order valence-electron chi connectivity index (χ1n) is 7.07. The first kappa shape index (κ1) is 19.6. The summed E-state index contributed by atoms with van der Waals surface area (Å²) >= 11 is 0. The van der Waals surface area contributed by atoms with Crippen LogP contribution in [0.15, 0.2) is 18.2 Å². The summed E-state index contributed by atoms with van der Waals surface area (Å²) in [4.78, 5) is 25.6. The fourth-order valence-corrected chi connectivity index (χ4v) is 1.98. The van der Waals surface area contributed by atoms with Crippen molar-refractivity contribution in [3.63, 3.8) is 0 Å². The van der Waals surface area contributed by atoms with Crippen LogP contribution in [0.3, 0.4) is 0 Å². The first-order chi connectivity index (χ1) is 10.9. The lowest BCUT2D eigenvalue weighted by Crippen LogP contribution is -2.37. The molecule has 6 nitrogen and oxygen atoms in total. The number of benzene rings is 1. The molecule has 0 spiro atoms. The second-order valence-electron chi connectivity index (χ2n) is 5.67. The second kappa shape index (κ2) is 7.41. The third-order valence-electron chi connectivity index (χ3n) is 3.36. The van der Waals surface area contributed by atoms with E-state index in [-0.39, 0.29) is 12.2 Å². The van der Waals surface area contributed by atoms with Crippen LogP contribution >= 0.6 is 0 Å². The number of hydrogen-bond acceptors (Lipinski definition) is 3. The Morgan fingerprint density at radius 1 is 1.25 bits per heavy atom. The van der Waals surface area contributed by atoms with Crippen LogP contribution in [0.4, 0.5) is 29.3 Å². The highest BCUT2D eigenvalue weighted by atomic mass is 19.4. The number of nitrogens with zero attached hydrogens (tertiary/aromatic N) is 2. The van der Waals surface area contributed by atoms with Crippen molar-refractivity contribution < 1.29 is 27.9 Å². The molecule has 0 aromatic heterocycles. The molecule has 1 aromatic rings. The lowest BCUT2D eigenvalue weighted by atomic mass is 10.1. The molecule has 0 aliphatic rings. The van der Waals surface area contributed by atoms with Gasteiger partial charge in [-0.15, -0.1) is 0 Å². The van der Waals surface area contributed by atoms with E-state index in [1.807, 2.05) is 0 Å². The Bertz CT molecular complexity index is 618. The highest BCUT2D eigenvalue weighted by molar-refractivity contribution is 5.93. The van der Waals surface area contributed by atoms with Crippen molar-refractivity contribution in [2.75, 3.05) is 37.9 Å². The number of carboxylic acid groups (broad SMARTS) is 1. The maximum absolute atomic E-state index is 12.9. The minimum absolute atomic E-state index is 0.00495. The molecule has 0 heterocycles. The quantitative estimate of drug-likeness (QED) is 0.859. The van der Waals surface area contributed by atoms with Crippen molar-refractivity contribution in [3.05, 3.63) is 23.8 Å². The highest BCUT2D eigenvalue weighted by Crippen LogP contribution is 2.35. The molecule has 0 radical (unpaired) electrons. The van der Waals surface area contributed by atoms with Crippen molar-refractivity contribution in [1.82, 2.24) is 4.90 Å². The minimum Gasteiger partial charge on any atom is -0.481 e. The number of rotatable bonds is 5. The zero-order valence-corrected chi connectivity index (χ0v) is 13.8. The van der Waals surface area contributed by atoms with Gasteiger partial charge >= 0.3 is 18.2 Å². The van der Waals surface area contributed by atoms with E-state index in [1.54, 1.807) is 19.0 Å². The largest absolute Gasteiger partial charge is 0.481 e. The smallest absolute Gasteiger partial charge is 0.416 e. The molecule has 134 valence electrons. The maximum Gasteiger partial charge on any atom is 0.416 e. The lowest BCUT2D eigenvalue weighted by molar-refractivity contribution is -0.141. The van der Waals surface area contributed by atoms with Crippen molar-refractivity contribution in [1.29, 1.82) is 0 Å². The zero-order valence-electron chi connectivity index (χ0n) is 13.8. The Morgan fingerprint density at radius 2 is 1.83 bits per heavy atom. The molecule has 1 unspecified atom stereocenters. The minimum atomic E-state index is -4.53. The number of halogens is 3. The van der Waals surface area contributed by atoms with Crippen LogP contribution in [0.2, 0.25) is 0 Å². The van der Waals surface area contributed by atoms with Gasteiger partial charge in [-0.05, 0) is 18.2 Å². The number of carbonyl (C=O) groups excluding carboxylic acids is 1. The number of amides is 2. The molecule has 9 heteroatoms. The topological polar surface area (TPSA) is 72.9 Å². The number of aliphatic carboxylic acids is 1. The molecule has 0 saturated heterocycles. The zero-order chi connectivity index (χ0) is 18.7. The molecule has 0 bridgehead atoms. The van der Waals surface area contributed by atoms with Gasteiger partial charge in [0.05, 0.1) is 22.9 Å². The summed E-state index contributed by atoms with van der Waals surface area (Å²) in [5, 5.41) is 11.3. The highest BCUT2D eigenvalue weighted by Gasteiger charge is 2.31. The molecule has 2 amide bonds. The van der Waals surface area contributed by atoms with E-state index in [2.05, 4.69) is 5.32 Å². The van der Waals surface area contributed by atoms with E-state index in [0.717, 1.165) is 17.0 Å². The molecular weight excluding hydrogens is 327 g/mol. The summed E-state index contributed by atoms with van der Waals surface area (Å²) < 4.78 is 38.6. The van der Waals surface area contributed by atoms with Gasteiger partial charge in [0.2, 0.25) is 0 Å². The van der Waals surface area contributed by atoms with Gasteiger partial charge in [-0.2, -0.15) is 13.2 Å². The van der Waals surface area contributed by atoms with Crippen LogP contribution < -0.4 is 10.2 Å². The van der Waals surface area contributed by atoms with E-state index < -0.39 is 29.7 Å². The van der Waals surface area contributed by atoms with Crippen LogP contribution in [0, 0.1) is 5.92 Å². The summed E-state index contributed by atoms with van der Waals surface area (Å²) in [5.41, 5.74) is -0.490. The van der Waals surface area contributed by atoms with Gasteiger partial charge in [0.15, 0.2) is 0 Å². The summed E-state index contributed by atoms with van der Waals surface area (Å²) in [6.07, 6.45) is -4.53. The fraction of sp³-hybridized carbons (Fsp3) is 0.467. The van der Waals surface area contributed by atoms with Crippen LogP contribution in [-0.4, -0.2) is 49.7 Å². The lowest BCUT2D eigenvalue weighted by Gasteiger charge is -2.23. The van der Waals surface area contributed by atoms with E-state index in [4.69, 9.17) is 5.11 Å². The molecule has 1 aromatic carbocycles. The Kier molecular flexibility index (Phi) is 6.05. The monoisotopic (exact) mass is 347 g/mol. The summed E-state index contributed by atoms with van der Waals surface area (Å²) in [5.74, 6) is -1.86. The third kappa shape index (κ3) is 5.04. The molecule has 0 saturated carbocycles. The molecule has 0 fully saturated rings. The maximum atomic E-state index is 12.9. The van der Waals surface area contributed by atoms with Crippen LogP contribution in [-0.2, 0) is 11.0 Å². The Balaban J connectivity index is 3.03. The standard InChI is InChI=1S/C15H20F3N3O3/c1-9(13(22)23)8-21(4)14(24)19-11-7-10(15(16,17)18)5-6-12(11)20(2)3/h5-7,9H,8H2,1-4H3,(H,19,24)(H,22,23). The first-order valence-corrected chi connectivity index (χ1v) is 7.07. The van der Waals surface area contributed by atoms with Crippen molar-refractivity contribution in [2.24, 2.45) is 5.92 Å². The number of nitrogens with one attached hydrogen (secondary N) is 1. The van der Waals surface area contributed by atoms with Crippen molar-refractivity contribution >= 4 is 23.4 Å². The van der Waals surface area contributed by atoms with E-state index >= 15 is 0 Å². The van der Waals surface area contributed by atoms with Gasteiger partial charge in [-0.3, -0.25) is 4.79 Å². The predicted molar refractivity (Wildman–Crippen MR) is 84.2 cm³/mol. The molecule has 24 heavy (non-hydrogen) atoms. The Morgan fingerprint density at radius 3 is 2.29 bits per heavy atom. The summed E-state index contributed by atoms with van der Waals surface area (Å²) in [7, 11) is 4.64. The third-order valence-corrected chi connectivity index (χ3v) is 3.36. The van der Waals surface area contributed by atoms with Crippen molar-refractivity contribution in [2.45, 2.75) is 13.1 Å². The van der Waals surface area contributed by atoms with Gasteiger partial charge in [0, 0.05) is 27.7 Å². The second-order valence-corrected chi connectivity index (χ2v) is 5.67. The molecule has 1 rings (SSSR count). The van der Waals surface area contributed by atoms with Crippen LogP contribution in [0.5, 0.6) is 0 Å². The Labute approximate surface area is 137 Å². The molecule has 0 aliphatic heterocycles. The van der Waals surface area contributed by atoms with Gasteiger partial charge in [-0.1, -0.05) is 6.92 Å². The number of carboxylic acids is 1. The average molecular weight is 347 g/mol. The molecule has 0 aliphatic carbocycles. The van der Waals surface area contributed by atoms with E-state index in [0.29, 0.717) is 5.69 Å². The number of anilines is 2. The SMILES string of the molecule is CC(CN(C)C(=O)Nc1cc(C(F)(F)F)ccc1N(C)C)C(=O)O. The van der Waals surface area contributed by atoms with Crippen molar-refractivity contribution in [3.8, 4) is 0 Å². The van der Waals surface area contributed by atoms with E-state index in [9.17, 15) is 22.8 Å². The van der Waals surface area contributed by atoms with Crippen LogP contribution in [0.25, 0.3) is 0 Å². The number of carbonyl (C=O) groups is 2. The van der Waals surface area contributed by atoms with Gasteiger partial charge in [0.1, 0.15) is 0 Å². The van der Waals surface area contributed by atoms with Gasteiger partial charge < -0.3 is 20.2 Å². The number of alkyl halides is 3. The molecule has 1 atom stereocenters. The summed E-state index contributed by atoms with van der Waals surface area (Å²) in [6, 6.07) is 2.35. The normalized spacial score (nSPS) is 12.5. The molecular formula is C15H20F3N3O3. The van der Waals surface area contributed by atoms with Crippen LogP contribution in [0.1, 0.15) is 12.5 Å². The number of hydrogen-bond donors (Lipinski definition) is 2. The van der Waals surface area contributed by atoms with Gasteiger partial charge in [-0.25, -0.2) is 4.79 Å². The summed E-state index contributed by atoms with van der Waals surface area (Å²) in [6.45, 7) is 1.36. The Hall–Kier alpha value is -2.45. The molecule has 2 N–H and O–H groups in total.